The summed E-state index contributed by atoms with van der Waals surface area (Å²) in [7, 11) is 1.71. The second-order valence-electron chi connectivity index (χ2n) is 5.49. The molecule has 1 aliphatic heterocycles. The van der Waals surface area contributed by atoms with Gasteiger partial charge in [0.25, 0.3) is 0 Å². The van der Waals surface area contributed by atoms with Crippen molar-refractivity contribution >= 4 is 0 Å². The van der Waals surface area contributed by atoms with Crippen molar-refractivity contribution in [3.63, 3.8) is 0 Å². The second-order valence-corrected chi connectivity index (χ2v) is 5.49. The van der Waals surface area contributed by atoms with E-state index in [0.29, 0.717) is 6.10 Å². The Bertz CT molecular complexity index is 400. The van der Waals surface area contributed by atoms with Gasteiger partial charge in [-0.15, -0.1) is 0 Å². The van der Waals surface area contributed by atoms with E-state index in [1.54, 1.807) is 7.11 Å². The van der Waals surface area contributed by atoms with Gasteiger partial charge in [0.1, 0.15) is 5.75 Å². The van der Waals surface area contributed by atoms with Crippen molar-refractivity contribution in [1.29, 1.82) is 0 Å². The van der Waals surface area contributed by atoms with E-state index in [4.69, 9.17) is 15.2 Å². The molecule has 1 aromatic carbocycles. The van der Waals surface area contributed by atoms with E-state index in [-0.39, 0.29) is 6.04 Å². The Labute approximate surface area is 116 Å². The minimum Gasteiger partial charge on any atom is -0.496 e. The van der Waals surface area contributed by atoms with Crippen molar-refractivity contribution in [1.82, 2.24) is 0 Å². The third-order valence-electron chi connectivity index (χ3n) is 3.80. The molecule has 1 aromatic rings. The van der Waals surface area contributed by atoms with Crippen LogP contribution in [0, 0.1) is 6.92 Å². The summed E-state index contributed by atoms with van der Waals surface area (Å²) in [5.41, 5.74) is 8.71. The van der Waals surface area contributed by atoms with Gasteiger partial charge in [-0.1, -0.05) is 17.7 Å². The summed E-state index contributed by atoms with van der Waals surface area (Å²) in [5, 5.41) is 0. The first-order valence-corrected chi connectivity index (χ1v) is 7.19. The highest BCUT2D eigenvalue weighted by Gasteiger charge is 2.17. The van der Waals surface area contributed by atoms with Crippen molar-refractivity contribution in [2.45, 2.75) is 51.2 Å². The Morgan fingerprint density at radius 3 is 3.00 bits per heavy atom. The van der Waals surface area contributed by atoms with Crippen molar-refractivity contribution in [3.05, 3.63) is 29.3 Å². The first kappa shape index (κ1) is 14.4. The van der Waals surface area contributed by atoms with Gasteiger partial charge in [-0.3, -0.25) is 0 Å². The van der Waals surface area contributed by atoms with E-state index in [1.165, 1.54) is 24.0 Å². The number of aryl methyl sites for hydroxylation is 1. The highest BCUT2D eigenvalue weighted by Crippen LogP contribution is 2.23. The van der Waals surface area contributed by atoms with Crippen LogP contribution in [-0.2, 0) is 11.2 Å². The van der Waals surface area contributed by atoms with Crippen LogP contribution in [0.4, 0.5) is 0 Å². The molecule has 2 N–H and O–H groups in total. The highest BCUT2D eigenvalue weighted by atomic mass is 16.5. The Morgan fingerprint density at radius 2 is 2.32 bits per heavy atom. The highest BCUT2D eigenvalue weighted by molar-refractivity contribution is 5.37. The number of hydrogen-bond acceptors (Lipinski definition) is 3. The maximum Gasteiger partial charge on any atom is 0.122 e. The van der Waals surface area contributed by atoms with Crippen molar-refractivity contribution in [2.24, 2.45) is 5.73 Å². The predicted octanol–water partition coefficient (Wildman–Crippen LogP) is 2.83. The van der Waals surface area contributed by atoms with Crippen molar-refractivity contribution < 1.29 is 9.47 Å². The lowest BCUT2D eigenvalue weighted by Gasteiger charge is -2.16. The Morgan fingerprint density at radius 1 is 1.47 bits per heavy atom. The van der Waals surface area contributed by atoms with Gasteiger partial charge < -0.3 is 15.2 Å². The zero-order valence-corrected chi connectivity index (χ0v) is 12.0. The number of benzene rings is 1. The maximum absolute atomic E-state index is 6.25. The van der Waals surface area contributed by atoms with Gasteiger partial charge in [0.15, 0.2) is 0 Å². The van der Waals surface area contributed by atoms with Crippen molar-refractivity contribution in [3.8, 4) is 5.75 Å². The predicted molar refractivity (Wildman–Crippen MR) is 77.6 cm³/mol. The summed E-state index contributed by atoms with van der Waals surface area (Å²) in [6, 6.07) is 6.45. The first-order chi connectivity index (χ1) is 9.19. The smallest absolute Gasteiger partial charge is 0.122 e. The molecule has 2 rings (SSSR count). The molecule has 0 amide bonds. The molecule has 0 spiro atoms. The molecule has 0 aliphatic carbocycles. The summed E-state index contributed by atoms with van der Waals surface area (Å²) in [6.07, 6.45) is 5.80. The molecule has 1 fully saturated rings. The fraction of sp³-hybridized carbons (Fsp3) is 0.625. The minimum absolute atomic E-state index is 0.180. The molecule has 2 atom stereocenters. The lowest BCUT2D eigenvalue weighted by atomic mass is 9.98. The summed E-state index contributed by atoms with van der Waals surface area (Å²) in [4.78, 5) is 0. The zero-order chi connectivity index (χ0) is 13.7. The molecular weight excluding hydrogens is 238 g/mol. The molecule has 0 saturated carbocycles. The topological polar surface area (TPSA) is 44.5 Å². The van der Waals surface area contributed by atoms with Crippen LogP contribution >= 0.6 is 0 Å². The second kappa shape index (κ2) is 6.92. The fourth-order valence-corrected chi connectivity index (χ4v) is 2.72. The van der Waals surface area contributed by atoms with E-state index >= 15 is 0 Å². The number of rotatable bonds is 6. The molecular formula is C16H25NO2. The quantitative estimate of drug-likeness (QED) is 0.858. The lowest BCUT2D eigenvalue weighted by Crippen LogP contribution is -2.25. The monoisotopic (exact) mass is 263 g/mol. The van der Waals surface area contributed by atoms with E-state index in [2.05, 4.69) is 19.1 Å². The molecule has 1 aliphatic rings. The zero-order valence-electron chi connectivity index (χ0n) is 12.0. The normalized spacial score (nSPS) is 20.5. The standard InChI is InChI=1S/C16H25NO2/c1-12-5-8-16(18-2)13(10-12)11-14(17)6-7-15-4-3-9-19-15/h5,8,10,14-15H,3-4,6-7,9,11,17H2,1-2H3. The number of ether oxygens (including phenoxy) is 2. The SMILES string of the molecule is COc1ccc(C)cc1CC(N)CCC1CCCO1. The molecule has 19 heavy (non-hydrogen) atoms. The van der Waals surface area contributed by atoms with Gasteiger partial charge in [0.2, 0.25) is 0 Å². The molecule has 1 saturated heterocycles. The van der Waals surface area contributed by atoms with Crippen LogP contribution in [-0.4, -0.2) is 25.9 Å². The molecule has 3 heteroatoms. The summed E-state index contributed by atoms with van der Waals surface area (Å²) >= 11 is 0. The van der Waals surface area contributed by atoms with Crippen LogP contribution in [0.25, 0.3) is 0 Å². The van der Waals surface area contributed by atoms with Gasteiger partial charge in [0, 0.05) is 12.6 Å². The number of nitrogens with two attached hydrogens (primary N) is 1. The first-order valence-electron chi connectivity index (χ1n) is 7.19. The van der Waals surface area contributed by atoms with Crippen LogP contribution < -0.4 is 10.5 Å². The third-order valence-corrected chi connectivity index (χ3v) is 3.80. The summed E-state index contributed by atoms with van der Waals surface area (Å²) in [6.45, 7) is 3.02. The lowest BCUT2D eigenvalue weighted by molar-refractivity contribution is 0.101. The average Bonchev–Trinajstić information content (AvgIpc) is 2.90. The van der Waals surface area contributed by atoms with Gasteiger partial charge in [-0.05, 0) is 50.7 Å². The Kier molecular flexibility index (Phi) is 5.23. The van der Waals surface area contributed by atoms with Crippen LogP contribution in [0.1, 0.15) is 36.8 Å². The third kappa shape index (κ3) is 4.22. The molecule has 0 radical (unpaired) electrons. The summed E-state index contributed by atoms with van der Waals surface area (Å²) < 4.78 is 11.0. The van der Waals surface area contributed by atoms with Gasteiger partial charge in [0.05, 0.1) is 13.2 Å². The maximum atomic E-state index is 6.25. The average molecular weight is 263 g/mol. The van der Waals surface area contributed by atoms with E-state index in [9.17, 15) is 0 Å². The Hall–Kier alpha value is -1.06. The van der Waals surface area contributed by atoms with Crippen LogP contribution in [0.5, 0.6) is 5.75 Å². The van der Waals surface area contributed by atoms with Crippen LogP contribution in [0.15, 0.2) is 18.2 Å². The molecule has 2 unspecified atom stereocenters. The number of hydrogen-bond donors (Lipinski definition) is 1. The molecule has 1 heterocycles. The Balaban J connectivity index is 1.86. The van der Waals surface area contributed by atoms with E-state index in [0.717, 1.165) is 31.6 Å². The fourth-order valence-electron chi connectivity index (χ4n) is 2.72. The van der Waals surface area contributed by atoms with Gasteiger partial charge in [-0.2, -0.15) is 0 Å². The molecule has 106 valence electrons. The molecule has 0 aromatic heterocycles. The van der Waals surface area contributed by atoms with E-state index < -0.39 is 0 Å². The number of methoxy groups -OCH3 is 1. The molecule has 3 nitrogen and oxygen atoms in total. The van der Waals surface area contributed by atoms with Crippen LogP contribution in [0.2, 0.25) is 0 Å². The van der Waals surface area contributed by atoms with E-state index in [1.807, 2.05) is 6.07 Å². The molecule has 0 bridgehead atoms. The van der Waals surface area contributed by atoms with Gasteiger partial charge in [-0.25, -0.2) is 0 Å². The van der Waals surface area contributed by atoms with Gasteiger partial charge >= 0.3 is 0 Å². The van der Waals surface area contributed by atoms with Crippen molar-refractivity contribution in [2.75, 3.05) is 13.7 Å². The largest absolute Gasteiger partial charge is 0.496 e. The minimum atomic E-state index is 0.180. The van der Waals surface area contributed by atoms with Crippen LogP contribution in [0.3, 0.4) is 0 Å². The summed E-state index contributed by atoms with van der Waals surface area (Å²) in [5.74, 6) is 0.943.